The van der Waals surface area contributed by atoms with E-state index in [2.05, 4.69) is 38.1 Å². The first-order valence-corrected chi connectivity index (χ1v) is 14.8. The van der Waals surface area contributed by atoms with Gasteiger partial charge in [-0.1, -0.05) is 82.7 Å². The van der Waals surface area contributed by atoms with Crippen molar-refractivity contribution in [2.75, 3.05) is 0 Å². The Labute approximate surface area is 218 Å². The molecule has 0 bridgehead atoms. The lowest BCUT2D eigenvalue weighted by Gasteiger charge is -2.29. The number of ether oxygens (including phenoxy) is 1. The predicted octanol–water partition coefficient (Wildman–Crippen LogP) is 10.5. The molecule has 0 spiro atoms. The Bertz CT molecular complexity index is 921. The standard InChI is InChI=1S/C33H46F2O/c1-3-5-6-8-25-9-15-27(16-10-25)28-17-13-26(14-18-28)23-36-31-22-21-30(32(34)33(31)35)29-19-11-24(7-4-2)12-20-29/h13-14,17-18,21-22,24-25,27,29H,3-12,15-16,19-20,23H2,1-2H3. The van der Waals surface area contributed by atoms with Gasteiger partial charge in [-0.05, 0) is 97.8 Å². The van der Waals surface area contributed by atoms with Gasteiger partial charge in [0.2, 0.25) is 5.82 Å². The highest BCUT2D eigenvalue weighted by atomic mass is 19.2. The molecule has 2 aromatic rings. The molecule has 0 aromatic heterocycles. The third-order valence-electron chi connectivity index (χ3n) is 8.97. The van der Waals surface area contributed by atoms with Crippen LogP contribution in [0.1, 0.15) is 132 Å². The van der Waals surface area contributed by atoms with Crippen molar-refractivity contribution in [1.82, 2.24) is 0 Å². The molecule has 1 nitrogen and oxygen atoms in total. The lowest BCUT2D eigenvalue weighted by atomic mass is 9.77. The van der Waals surface area contributed by atoms with Crippen LogP contribution < -0.4 is 4.74 Å². The average molecular weight is 497 g/mol. The van der Waals surface area contributed by atoms with Crippen LogP contribution in [0.4, 0.5) is 8.78 Å². The quantitative estimate of drug-likeness (QED) is 0.281. The van der Waals surface area contributed by atoms with Crippen LogP contribution in [0.25, 0.3) is 0 Å². The first-order chi connectivity index (χ1) is 17.6. The Morgan fingerprint density at radius 1 is 0.667 bits per heavy atom. The van der Waals surface area contributed by atoms with Crippen LogP contribution in [0.15, 0.2) is 36.4 Å². The summed E-state index contributed by atoms with van der Waals surface area (Å²) in [5.74, 6) is 0.903. The zero-order valence-electron chi connectivity index (χ0n) is 22.5. The molecule has 0 radical (unpaired) electrons. The highest BCUT2D eigenvalue weighted by Gasteiger charge is 2.26. The van der Waals surface area contributed by atoms with Crippen LogP contribution in [0.5, 0.6) is 5.75 Å². The summed E-state index contributed by atoms with van der Waals surface area (Å²) in [6.07, 6.45) is 17.3. The third-order valence-corrected chi connectivity index (χ3v) is 8.97. The smallest absolute Gasteiger partial charge is 0.200 e. The molecular weight excluding hydrogens is 450 g/mol. The largest absolute Gasteiger partial charge is 0.486 e. The Hall–Kier alpha value is -1.90. The molecule has 0 heterocycles. The normalized spacial score (nSPS) is 24.6. The van der Waals surface area contributed by atoms with Crippen LogP contribution in [0.2, 0.25) is 0 Å². The van der Waals surface area contributed by atoms with Crippen LogP contribution >= 0.6 is 0 Å². The fourth-order valence-corrected chi connectivity index (χ4v) is 6.66. The molecule has 0 atom stereocenters. The molecule has 2 saturated carbocycles. The van der Waals surface area contributed by atoms with E-state index in [1.165, 1.54) is 69.8 Å². The third kappa shape index (κ3) is 7.11. The fourth-order valence-electron chi connectivity index (χ4n) is 6.66. The van der Waals surface area contributed by atoms with E-state index in [1.54, 1.807) is 12.1 Å². The molecule has 0 amide bonds. The highest BCUT2D eigenvalue weighted by Crippen LogP contribution is 2.40. The summed E-state index contributed by atoms with van der Waals surface area (Å²) in [7, 11) is 0. The van der Waals surface area contributed by atoms with E-state index >= 15 is 0 Å². The predicted molar refractivity (Wildman–Crippen MR) is 146 cm³/mol. The summed E-state index contributed by atoms with van der Waals surface area (Å²) in [5.41, 5.74) is 2.92. The Kier molecular flexibility index (Phi) is 10.2. The van der Waals surface area contributed by atoms with Crippen LogP contribution in [-0.4, -0.2) is 0 Å². The molecule has 3 heteroatoms. The monoisotopic (exact) mass is 496 g/mol. The van der Waals surface area contributed by atoms with Gasteiger partial charge in [0.05, 0.1) is 0 Å². The number of benzene rings is 2. The summed E-state index contributed by atoms with van der Waals surface area (Å²) in [4.78, 5) is 0. The lowest BCUT2D eigenvalue weighted by Crippen LogP contribution is -2.15. The van der Waals surface area contributed by atoms with Crippen LogP contribution in [0, 0.1) is 23.5 Å². The molecule has 4 rings (SSSR count). The van der Waals surface area contributed by atoms with Gasteiger partial charge >= 0.3 is 0 Å². The molecule has 0 aliphatic heterocycles. The second kappa shape index (κ2) is 13.6. The van der Waals surface area contributed by atoms with Gasteiger partial charge in [-0.25, -0.2) is 4.39 Å². The van der Waals surface area contributed by atoms with Crippen LogP contribution in [0.3, 0.4) is 0 Å². The molecular formula is C33H46F2O. The van der Waals surface area contributed by atoms with E-state index in [-0.39, 0.29) is 18.3 Å². The van der Waals surface area contributed by atoms with E-state index in [9.17, 15) is 8.78 Å². The molecule has 0 unspecified atom stereocenters. The van der Waals surface area contributed by atoms with Gasteiger partial charge in [0, 0.05) is 0 Å². The minimum atomic E-state index is -0.838. The zero-order valence-corrected chi connectivity index (χ0v) is 22.5. The lowest BCUT2D eigenvalue weighted by molar-refractivity contribution is 0.279. The second-order valence-electron chi connectivity index (χ2n) is 11.5. The maximum atomic E-state index is 14.9. The van der Waals surface area contributed by atoms with Gasteiger partial charge in [-0.3, -0.25) is 0 Å². The van der Waals surface area contributed by atoms with Gasteiger partial charge in [-0.2, -0.15) is 4.39 Å². The Balaban J connectivity index is 1.27. The summed E-state index contributed by atoms with van der Waals surface area (Å²) in [5, 5.41) is 0. The number of hydrogen-bond donors (Lipinski definition) is 0. The van der Waals surface area contributed by atoms with Crippen molar-refractivity contribution in [3.8, 4) is 5.75 Å². The Morgan fingerprint density at radius 2 is 1.31 bits per heavy atom. The molecule has 36 heavy (non-hydrogen) atoms. The van der Waals surface area contributed by atoms with Crippen molar-refractivity contribution >= 4 is 0 Å². The maximum Gasteiger partial charge on any atom is 0.200 e. The van der Waals surface area contributed by atoms with Crippen molar-refractivity contribution in [3.05, 3.63) is 64.7 Å². The van der Waals surface area contributed by atoms with E-state index in [0.29, 0.717) is 11.5 Å². The zero-order chi connectivity index (χ0) is 25.3. The number of unbranched alkanes of at least 4 members (excludes halogenated alkanes) is 2. The number of halogens is 2. The molecule has 2 aliphatic rings. The van der Waals surface area contributed by atoms with E-state index in [0.717, 1.165) is 43.1 Å². The summed E-state index contributed by atoms with van der Waals surface area (Å²) in [6.45, 7) is 4.74. The number of rotatable bonds is 11. The van der Waals surface area contributed by atoms with Gasteiger partial charge < -0.3 is 4.74 Å². The van der Waals surface area contributed by atoms with Crippen molar-refractivity contribution in [3.63, 3.8) is 0 Å². The van der Waals surface area contributed by atoms with Gasteiger partial charge in [0.15, 0.2) is 11.6 Å². The second-order valence-corrected chi connectivity index (χ2v) is 11.5. The highest BCUT2D eigenvalue weighted by molar-refractivity contribution is 5.34. The van der Waals surface area contributed by atoms with Crippen molar-refractivity contribution < 1.29 is 13.5 Å². The van der Waals surface area contributed by atoms with E-state index in [1.807, 2.05) is 0 Å². The maximum absolute atomic E-state index is 14.9. The molecule has 198 valence electrons. The molecule has 0 N–H and O–H groups in total. The van der Waals surface area contributed by atoms with Crippen molar-refractivity contribution in [2.45, 2.75) is 122 Å². The SMILES string of the molecule is CCCCCC1CCC(c2ccc(COc3ccc(C4CCC(CCC)CC4)c(F)c3F)cc2)CC1. The fraction of sp³-hybridized carbons (Fsp3) is 0.636. The number of hydrogen-bond acceptors (Lipinski definition) is 1. The summed E-state index contributed by atoms with van der Waals surface area (Å²) in [6, 6.07) is 11.9. The Morgan fingerprint density at radius 3 is 1.94 bits per heavy atom. The van der Waals surface area contributed by atoms with Crippen molar-refractivity contribution in [2.24, 2.45) is 11.8 Å². The molecule has 2 aromatic carbocycles. The van der Waals surface area contributed by atoms with Gasteiger partial charge in [0.25, 0.3) is 0 Å². The van der Waals surface area contributed by atoms with Gasteiger partial charge in [0.1, 0.15) is 6.61 Å². The summed E-state index contributed by atoms with van der Waals surface area (Å²) < 4.78 is 35.5. The molecule has 2 fully saturated rings. The van der Waals surface area contributed by atoms with Gasteiger partial charge in [-0.15, -0.1) is 0 Å². The molecule has 2 aliphatic carbocycles. The van der Waals surface area contributed by atoms with E-state index < -0.39 is 11.6 Å². The topological polar surface area (TPSA) is 9.23 Å². The first kappa shape index (κ1) is 27.1. The molecule has 0 saturated heterocycles. The first-order valence-electron chi connectivity index (χ1n) is 14.8. The average Bonchev–Trinajstić information content (AvgIpc) is 2.91. The van der Waals surface area contributed by atoms with E-state index in [4.69, 9.17) is 4.74 Å². The van der Waals surface area contributed by atoms with Crippen molar-refractivity contribution in [1.29, 1.82) is 0 Å². The minimum Gasteiger partial charge on any atom is -0.486 e. The van der Waals surface area contributed by atoms with Crippen LogP contribution in [-0.2, 0) is 6.61 Å². The summed E-state index contributed by atoms with van der Waals surface area (Å²) >= 11 is 0. The minimum absolute atomic E-state index is 0.0152.